The van der Waals surface area contributed by atoms with Gasteiger partial charge in [0.25, 0.3) is 5.91 Å². The first kappa shape index (κ1) is 22.8. The number of benzene rings is 3. The zero-order valence-corrected chi connectivity index (χ0v) is 17.6. The summed E-state index contributed by atoms with van der Waals surface area (Å²) in [5, 5.41) is 11.9. The topological polar surface area (TPSA) is 71.3 Å². The molecule has 5 nitrogen and oxygen atoms in total. The van der Waals surface area contributed by atoms with Crippen LogP contribution in [0.15, 0.2) is 66.2 Å². The highest BCUT2D eigenvalue weighted by molar-refractivity contribution is 6.32. The highest BCUT2D eigenvalue weighted by atomic mass is 35.5. The van der Waals surface area contributed by atoms with E-state index in [4.69, 9.17) is 21.1 Å². The second-order valence-electron chi connectivity index (χ2n) is 6.55. The Morgan fingerprint density at radius 2 is 1.88 bits per heavy atom. The monoisotopic (exact) mass is 454 g/mol. The molecule has 1 N–H and O–H groups in total. The van der Waals surface area contributed by atoms with Gasteiger partial charge in [-0.2, -0.15) is 5.26 Å². The zero-order chi connectivity index (χ0) is 23.1. The van der Waals surface area contributed by atoms with Gasteiger partial charge in [0.2, 0.25) is 0 Å². The first-order valence-electron chi connectivity index (χ1n) is 9.33. The van der Waals surface area contributed by atoms with E-state index < -0.39 is 11.7 Å². The van der Waals surface area contributed by atoms with Crippen LogP contribution in [0.2, 0.25) is 5.02 Å². The third-order valence-electron chi connectivity index (χ3n) is 4.35. The number of carbonyl (C=O) groups is 1. The summed E-state index contributed by atoms with van der Waals surface area (Å²) < 4.78 is 37.9. The minimum absolute atomic E-state index is 0.0428. The molecule has 8 heteroatoms. The summed E-state index contributed by atoms with van der Waals surface area (Å²) in [6.07, 6.45) is 1.30. The van der Waals surface area contributed by atoms with Gasteiger partial charge in [-0.15, -0.1) is 0 Å². The summed E-state index contributed by atoms with van der Waals surface area (Å²) in [6, 6.07) is 16.3. The molecule has 0 fully saturated rings. The molecule has 0 unspecified atom stereocenters. The second kappa shape index (κ2) is 10.4. The molecule has 3 aromatic rings. The molecule has 0 radical (unpaired) electrons. The largest absolute Gasteiger partial charge is 0.493 e. The summed E-state index contributed by atoms with van der Waals surface area (Å²) in [5.41, 5.74) is 0.830. The maximum absolute atomic E-state index is 13.8. The van der Waals surface area contributed by atoms with Crippen LogP contribution in [-0.2, 0) is 11.4 Å². The molecule has 0 aromatic heterocycles. The Morgan fingerprint density at radius 1 is 1.16 bits per heavy atom. The lowest BCUT2D eigenvalue weighted by Crippen LogP contribution is -2.14. The number of methoxy groups -OCH3 is 1. The number of nitrogens with one attached hydrogen (secondary N) is 1. The van der Waals surface area contributed by atoms with Gasteiger partial charge in [-0.1, -0.05) is 35.9 Å². The molecule has 3 aromatic carbocycles. The van der Waals surface area contributed by atoms with E-state index in [1.165, 1.54) is 49.6 Å². The molecule has 0 aliphatic carbocycles. The number of rotatable bonds is 7. The first-order chi connectivity index (χ1) is 15.4. The standard InChI is InChI=1S/C24H17ClF2N2O3/c1-31-22-12-16(10-17(13-28)24(30)29-21-5-3-2-4-20(21)27)11-19(25)23(22)32-14-15-6-8-18(26)9-7-15/h2-12H,14H2,1H3,(H,29,30)/b17-10-. The summed E-state index contributed by atoms with van der Waals surface area (Å²) in [5.74, 6) is -1.22. The molecule has 0 aliphatic heterocycles. The SMILES string of the molecule is COc1cc(/C=C(/C#N)C(=O)Nc2ccccc2F)cc(Cl)c1OCc1ccc(F)cc1. The molecule has 0 spiro atoms. The van der Waals surface area contributed by atoms with Crippen molar-refractivity contribution < 1.29 is 23.0 Å². The van der Waals surface area contributed by atoms with Gasteiger partial charge in [-0.3, -0.25) is 4.79 Å². The number of ether oxygens (including phenoxy) is 2. The van der Waals surface area contributed by atoms with Gasteiger partial charge in [0, 0.05) is 0 Å². The van der Waals surface area contributed by atoms with Crippen LogP contribution in [0.5, 0.6) is 11.5 Å². The Hall–Kier alpha value is -3.89. The summed E-state index contributed by atoms with van der Waals surface area (Å²) >= 11 is 6.33. The van der Waals surface area contributed by atoms with Crippen molar-refractivity contribution in [3.05, 3.63) is 94.0 Å². The molecule has 0 heterocycles. The highest BCUT2D eigenvalue weighted by Gasteiger charge is 2.15. The predicted octanol–water partition coefficient (Wildman–Crippen LogP) is 5.75. The maximum Gasteiger partial charge on any atom is 0.266 e. The molecule has 0 saturated carbocycles. The molecule has 3 rings (SSSR count). The summed E-state index contributed by atoms with van der Waals surface area (Å²) in [6.45, 7) is 0.125. The fourth-order valence-electron chi connectivity index (χ4n) is 2.77. The van der Waals surface area contributed by atoms with E-state index in [0.717, 1.165) is 5.56 Å². The normalized spacial score (nSPS) is 10.9. The Kier molecular flexibility index (Phi) is 7.42. The van der Waals surface area contributed by atoms with Crippen molar-refractivity contribution in [2.75, 3.05) is 12.4 Å². The lowest BCUT2D eigenvalue weighted by molar-refractivity contribution is -0.112. The number of anilines is 1. The summed E-state index contributed by atoms with van der Waals surface area (Å²) in [4.78, 5) is 12.4. The van der Waals surface area contributed by atoms with Gasteiger partial charge in [0.15, 0.2) is 11.5 Å². The van der Waals surface area contributed by atoms with Crippen molar-refractivity contribution >= 4 is 29.3 Å². The number of nitriles is 1. The van der Waals surface area contributed by atoms with E-state index in [1.54, 1.807) is 30.3 Å². The fraction of sp³-hybridized carbons (Fsp3) is 0.0833. The van der Waals surface area contributed by atoms with Gasteiger partial charge in [-0.25, -0.2) is 8.78 Å². The van der Waals surface area contributed by atoms with Crippen molar-refractivity contribution in [3.63, 3.8) is 0 Å². The van der Waals surface area contributed by atoms with Crippen LogP contribution in [0.4, 0.5) is 14.5 Å². The van der Waals surface area contributed by atoms with Crippen LogP contribution >= 0.6 is 11.6 Å². The quantitative estimate of drug-likeness (QED) is 0.364. The van der Waals surface area contributed by atoms with Crippen molar-refractivity contribution in [1.29, 1.82) is 5.26 Å². The second-order valence-corrected chi connectivity index (χ2v) is 6.96. The Labute approximate surface area is 188 Å². The average Bonchev–Trinajstić information content (AvgIpc) is 2.79. The third-order valence-corrected chi connectivity index (χ3v) is 4.63. The molecule has 0 bridgehead atoms. The highest BCUT2D eigenvalue weighted by Crippen LogP contribution is 2.37. The minimum atomic E-state index is -0.774. The number of hydrogen-bond donors (Lipinski definition) is 1. The van der Waals surface area contributed by atoms with Crippen LogP contribution < -0.4 is 14.8 Å². The number of amides is 1. The number of halogens is 3. The van der Waals surface area contributed by atoms with Crippen molar-refractivity contribution in [1.82, 2.24) is 0 Å². The molecular formula is C24H17ClF2N2O3. The smallest absolute Gasteiger partial charge is 0.266 e. The van der Waals surface area contributed by atoms with Crippen molar-refractivity contribution in [2.24, 2.45) is 0 Å². The number of carbonyl (C=O) groups excluding carboxylic acids is 1. The summed E-state index contributed by atoms with van der Waals surface area (Å²) in [7, 11) is 1.42. The Bertz CT molecular complexity index is 1200. The van der Waals surface area contributed by atoms with Crippen LogP contribution in [0.25, 0.3) is 6.08 Å². The Balaban J connectivity index is 1.82. The van der Waals surface area contributed by atoms with E-state index in [-0.39, 0.29) is 40.2 Å². The van der Waals surface area contributed by atoms with Gasteiger partial charge < -0.3 is 14.8 Å². The van der Waals surface area contributed by atoms with Crippen LogP contribution in [0.1, 0.15) is 11.1 Å². The molecule has 0 aliphatic rings. The molecule has 0 saturated heterocycles. The van der Waals surface area contributed by atoms with Crippen molar-refractivity contribution in [2.45, 2.75) is 6.61 Å². The van der Waals surface area contributed by atoms with Crippen molar-refractivity contribution in [3.8, 4) is 17.6 Å². The molecule has 0 atom stereocenters. The van der Waals surface area contributed by atoms with Gasteiger partial charge >= 0.3 is 0 Å². The average molecular weight is 455 g/mol. The van der Waals surface area contributed by atoms with Gasteiger partial charge in [0.05, 0.1) is 17.8 Å². The van der Waals surface area contributed by atoms with Crippen LogP contribution in [-0.4, -0.2) is 13.0 Å². The molecule has 162 valence electrons. The maximum atomic E-state index is 13.8. The van der Waals surface area contributed by atoms with E-state index in [2.05, 4.69) is 5.32 Å². The van der Waals surface area contributed by atoms with Gasteiger partial charge in [0.1, 0.15) is 29.9 Å². The lowest BCUT2D eigenvalue weighted by atomic mass is 10.1. The molecular weight excluding hydrogens is 438 g/mol. The third kappa shape index (κ3) is 5.62. The lowest BCUT2D eigenvalue weighted by Gasteiger charge is -2.13. The van der Waals surface area contributed by atoms with E-state index in [9.17, 15) is 18.8 Å². The molecule has 1 amide bonds. The first-order valence-corrected chi connectivity index (χ1v) is 9.71. The van der Waals surface area contributed by atoms with Gasteiger partial charge in [-0.05, 0) is 53.6 Å². The van der Waals surface area contributed by atoms with Crippen LogP contribution in [0, 0.1) is 23.0 Å². The fourth-order valence-corrected chi connectivity index (χ4v) is 3.04. The number of hydrogen-bond acceptors (Lipinski definition) is 4. The predicted molar refractivity (Wildman–Crippen MR) is 117 cm³/mol. The molecule has 32 heavy (non-hydrogen) atoms. The minimum Gasteiger partial charge on any atom is -0.493 e. The Morgan fingerprint density at radius 3 is 2.53 bits per heavy atom. The zero-order valence-electron chi connectivity index (χ0n) is 16.9. The van der Waals surface area contributed by atoms with E-state index >= 15 is 0 Å². The number of para-hydroxylation sites is 1. The van der Waals surface area contributed by atoms with E-state index in [0.29, 0.717) is 5.56 Å². The van der Waals surface area contributed by atoms with E-state index in [1.807, 2.05) is 0 Å². The van der Waals surface area contributed by atoms with Crippen LogP contribution in [0.3, 0.4) is 0 Å². The number of nitrogens with zero attached hydrogens (tertiary/aromatic N) is 1.